The Hall–Kier alpha value is -2.78. The first-order valence-electron chi connectivity index (χ1n) is 7.39. The van der Waals surface area contributed by atoms with Crippen molar-refractivity contribution in [1.29, 1.82) is 0 Å². The number of hydrogen-bond acceptors (Lipinski definition) is 5. The number of rotatable bonds is 5. The second-order valence-corrected chi connectivity index (χ2v) is 6.56. The Morgan fingerprint density at radius 2 is 1.88 bits per heavy atom. The topological polar surface area (TPSA) is 91.8 Å². The van der Waals surface area contributed by atoms with Crippen molar-refractivity contribution >= 4 is 46.7 Å². The SMILES string of the molecule is CC(=O)Nc1ccc(NC(=O)Cn2c(-c3cccs3)n[nH]c2=S)cc1. The molecule has 0 spiro atoms. The molecule has 2 heterocycles. The van der Waals surface area contributed by atoms with Crippen LogP contribution in [0.1, 0.15) is 6.92 Å². The average Bonchev–Trinajstić information content (AvgIpc) is 3.20. The second kappa shape index (κ2) is 7.41. The number of benzene rings is 1. The van der Waals surface area contributed by atoms with Gasteiger partial charge >= 0.3 is 0 Å². The van der Waals surface area contributed by atoms with Gasteiger partial charge in [-0.25, -0.2) is 0 Å². The van der Waals surface area contributed by atoms with Crippen LogP contribution in [0.5, 0.6) is 0 Å². The first-order chi connectivity index (χ1) is 12.0. The zero-order valence-corrected chi connectivity index (χ0v) is 14.9. The predicted octanol–water partition coefficient (Wildman–Crippen LogP) is 3.27. The molecule has 7 nitrogen and oxygen atoms in total. The number of hydrogen-bond donors (Lipinski definition) is 3. The van der Waals surface area contributed by atoms with E-state index in [1.807, 2.05) is 17.5 Å². The normalized spacial score (nSPS) is 10.4. The number of aromatic amines is 1. The fraction of sp³-hybridized carbons (Fsp3) is 0.125. The molecule has 3 N–H and O–H groups in total. The first kappa shape index (κ1) is 17.1. The highest BCUT2D eigenvalue weighted by Gasteiger charge is 2.13. The Kier molecular flexibility index (Phi) is 5.05. The molecule has 0 saturated carbocycles. The molecular weight excluding hydrogens is 358 g/mol. The summed E-state index contributed by atoms with van der Waals surface area (Å²) >= 11 is 6.74. The van der Waals surface area contributed by atoms with Crippen molar-refractivity contribution in [2.75, 3.05) is 10.6 Å². The van der Waals surface area contributed by atoms with Gasteiger partial charge in [-0.1, -0.05) is 6.07 Å². The van der Waals surface area contributed by atoms with Crippen molar-refractivity contribution in [3.8, 4) is 10.7 Å². The maximum absolute atomic E-state index is 12.3. The van der Waals surface area contributed by atoms with Gasteiger partial charge in [-0.15, -0.1) is 11.3 Å². The second-order valence-electron chi connectivity index (χ2n) is 5.22. The van der Waals surface area contributed by atoms with Gasteiger partial charge in [0, 0.05) is 18.3 Å². The summed E-state index contributed by atoms with van der Waals surface area (Å²) in [5, 5.41) is 14.3. The zero-order chi connectivity index (χ0) is 17.8. The maximum atomic E-state index is 12.3. The summed E-state index contributed by atoms with van der Waals surface area (Å²) in [4.78, 5) is 24.3. The molecule has 2 amide bonds. The largest absolute Gasteiger partial charge is 0.326 e. The molecule has 0 aliphatic carbocycles. The van der Waals surface area contributed by atoms with Gasteiger partial charge in [0.1, 0.15) is 6.54 Å². The van der Waals surface area contributed by atoms with Crippen LogP contribution in [0.15, 0.2) is 41.8 Å². The zero-order valence-electron chi connectivity index (χ0n) is 13.3. The minimum absolute atomic E-state index is 0.0516. The Bertz CT molecular complexity index is 942. The summed E-state index contributed by atoms with van der Waals surface area (Å²) in [5.74, 6) is 0.269. The molecule has 0 saturated heterocycles. The van der Waals surface area contributed by atoms with E-state index in [0.29, 0.717) is 22.0 Å². The third-order valence-electron chi connectivity index (χ3n) is 3.29. The van der Waals surface area contributed by atoms with Crippen LogP contribution < -0.4 is 10.6 Å². The Balaban J connectivity index is 1.70. The molecule has 0 atom stereocenters. The third-order valence-corrected chi connectivity index (χ3v) is 4.47. The minimum Gasteiger partial charge on any atom is -0.326 e. The van der Waals surface area contributed by atoms with Gasteiger partial charge in [0.25, 0.3) is 0 Å². The van der Waals surface area contributed by atoms with Crippen molar-refractivity contribution in [1.82, 2.24) is 14.8 Å². The standard InChI is InChI=1S/C16H15N5O2S2/c1-10(22)17-11-4-6-12(7-5-11)18-14(23)9-21-15(19-20-16(21)24)13-3-2-8-25-13/h2-8H,9H2,1H3,(H,17,22)(H,18,23)(H,20,24). The number of thiophene rings is 1. The van der Waals surface area contributed by atoms with E-state index in [9.17, 15) is 9.59 Å². The van der Waals surface area contributed by atoms with Crippen LogP contribution in [0.3, 0.4) is 0 Å². The Morgan fingerprint density at radius 3 is 2.48 bits per heavy atom. The highest BCUT2D eigenvalue weighted by molar-refractivity contribution is 7.71. The van der Waals surface area contributed by atoms with E-state index in [2.05, 4.69) is 20.8 Å². The number of aromatic nitrogens is 3. The van der Waals surface area contributed by atoms with Gasteiger partial charge in [0.15, 0.2) is 10.6 Å². The molecule has 9 heteroatoms. The summed E-state index contributed by atoms with van der Waals surface area (Å²) in [7, 11) is 0. The van der Waals surface area contributed by atoms with E-state index in [4.69, 9.17) is 12.2 Å². The van der Waals surface area contributed by atoms with E-state index < -0.39 is 0 Å². The van der Waals surface area contributed by atoms with E-state index in [1.54, 1.807) is 28.8 Å². The summed E-state index contributed by atoms with van der Waals surface area (Å²) in [6, 6.07) is 10.7. The molecule has 3 rings (SSSR count). The molecule has 0 radical (unpaired) electrons. The minimum atomic E-state index is -0.220. The van der Waals surface area contributed by atoms with E-state index in [-0.39, 0.29) is 18.4 Å². The monoisotopic (exact) mass is 373 g/mol. The van der Waals surface area contributed by atoms with Gasteiger partial charge in [0.05, 0.1) is 4.88 Å². The van der Waals surface area contributed by atoms with Crippen LogP contribution in [0.25, 0.3) is 10.7 Å². The predicted molar refractivity (Wildman–Crippen MR) is 100 cm³/mol. The van der Waals surface area contributed by atoms with Crippen LogP contribution in [-0.4, -0.2) is 26.6 Å². The van der Waals surface area contributed by atoms with Crippen molar-refractivity contribution in [3.63, 3.8) is 0 Å². The summed E-state index contributed by atoms with van der Waals surface area (Å²) in [5.41, 5.74) is 1.30. The number of nitrogens with one attached hydrogen (secondary N) is 3. The van der Waals surface area contributed by atoms with E-state index >= 15 is 0 Å². The van der Waals surface area contributed by atoms with Gasteiger partial charge in [0.2, 0.25) is 11.8 Å². The van der Waals surface area contributed by atoms with Crippen LogP contribution in [0, 0.1) is 4.77 Å². The quantitative estimate of drug-likeness (QED) is 0.599. The number of carbonyl (C=O) groups excluding carboxylic acids is 2. The molecule has 3 aromatic rings. The summed E-state index contributed by atoms with van der Waals surface area (Å²) < 4.78 is 2.04. The van der Waals surface area contributed by atoms with Crippen molar-refractivity contribution in [2.24, 2.45) is 0 Å². The number of carbonyl (C=O) groups is 2. The average molecular weight is 373 g/mol. The van der Waals surface area contributed by atoms with E-state index in [0.717, 1.165) is 4.88 Å². The van der Waals surface area contributed by atoms with Gasteiger partial charge in [-0.3, -0.25) is 19.3 Å². The third kappa shape index (κ3) is 4.20. The van der Waals surface area contributed by atoms with Crippen molar-refractivity contribution < 1.29 is 9.59 Å². The van der Waals surface area contributed by atoms with Crippen LogP contribution >= 0.6 is 23.6 Å². The van der Waals surface area contributed by atoms with Gasteiger partial charge in [-0.2, -0.15) is 5.10 Å². The molecule has 0 aliphatic heterocycles. The lowest BCUT2D eigenvalue weighted by Crippen LogP contribution is -2.19. The Labute approximate surface area is 152 Å². The molecule has 2 aromatic heterocycles. The van der Waals surface area contributed by atoms with Crippen molar-refractivity contribution in [2.45, 2.75) is 13.5 Å². The number of amides is 2. The molecular formula is C16H15N5O2S2. The summed E-state index contributed by atoms with van der Waals surface area (Å²) in [6.07, 6.45) is 0. The van der Waals surface area contributed by atoms with Crippen molar-refractivity contribution in [3.05, 3.63) is 46.5 Å². The van der Waals surface area contributed by atoms with Gasteiger partial charge < -0.3 is 10.6 Å². The fourth-order valence-electron chi connectivity index (χ4n) is 2.24. The smallest absolute Gasteiger partial charge is 0.244 e. The number of nitrogens with zero attached hydrogens (tertiary/aromatic N) is 2. The van der Waals surface area contributed by atoms with Gasteiger partial charge in [-0.05, 0) is 47.9 Å². The molecule has 1 aromatic carbocycles. The maximum Gasteiger partial charge on any atom is 0.244 e. The lowest BCUT2D eigenvalue weighted by molar-refractivity contribution is -0.117. The molecule has 0 unspecified atom stereocenters. The summed E-state index contributed by atoms with van der Waals surface area (Å²) in [6.45, 7) is 1.49. The van der Waals surface area contributed by atoms with Crippen LogP contribution in [0.2, 0.25) is 0 Å². The highest BCUT2D eigenvalue weighted by Crippen LogP contribution is 2.22. The van der Waals surface area contributed by atoms with Crippen LogP contribution in [0.4, 0.5) is 11.4 Å². The first-order valence-corrected chi connectivity index (χ1v) is 8.68. The van der Waals surface area contributed by atoms with Crippen LogP contribution in [-0.2, 0) is 16.1 Å². The van der Waals surface area contributed by atoms with E-state index in [1.165, 1.54) is 18.3 Å². The Morgan fingerprint density at radius 1 is 1.20 bits per heavy atom. The molecule has 0 bridgehead atoms. The molecule has 128 valence electrons. The molecule has 25 heavy (non-hydrogen) atoms. The lowest BCUT2D eigenvalue weighted by atomic mass is 10.2. The highest BCUT2D eigenvalue weighted by atomic mass is 32.1. The molecule has 0 fully saturated rings. The number of H-pyrrole nitrogens is 1. The number of anilines is 2. The lowest BCUT2D eigenvalue weighted by Gasteiger charge is -2.08. The molecule has 0 aliphatic rings. The fourth-order valence-corrected chi connectivity index (χ4v) is 3.16.